The van der Waals surface area contributed by atoms with E-state index in [0.717, 1.165) is 31.7 Å². The van der Waals surface area contributed by atoms with Gasteiger partial charge < -0.3 is 10.2 Å². The summed E-state index contributed by atoms with van der Waals surface area (Å²) < 4.78 is 39.6. The van der Waals surface area contributed by atoms with Crippen LogP contribution in [0.2, 0.25) is 0 Å². The number of hydrogen-bond acceptors (Lipinski definition) is 3. The molecule has 3 nitrogen and oxygen atoms in total. The molecular formula is C15H20F3N3. The molecule has 0 radical (unpaired) electrons. The van der Waals surface area contributed by atoms with Gasteiger partial charge >= 0.3 is 6.18 Å². The lowest BCUT2D eigenvalue weighted by atomic mass is 9.97. The van der Waals surface area contributed by atoms with Crippen molar-refractivity contribution in [2.75, 3.05) is 11.4 Å². The van der Waals surface area contributed by atoms with Crippen LogP contribution in [0.1, 0.15) is 38.2 Å². The second kappa shape index (κ2) is 5.48. The summed E-state index contributed by atoms with van der Waals surface area (Å²) in [5.41, 5.74) is -0.627. The molecule has 6 heteroatoms. The summed E-state index contributed by atoms with van der Waals surface area (Å²) in [6.45, 7) is 2.45. The van der Waals surface area contributed by atoms with E-state index in [1.807, 2.05) is 11.8 Å². The zero-order valence-electron chi connectivity index (χ0n) is 12.0. The van der Waals surface area contributed by atoms with Crippen molar-refractivity contribution >= 4 is 5.82 Å². The first-order valence-electron chi connectivity index (χ1n) is 7.54. The molecule has 2 saturated heterocycles. The van der Waals surface area contributed by atoms with Crippen LogP contribution in [0, 0.1) is 0 Å². The number of hydrogen-bond donors (Lipinski definition) is 1. The van der Waals surface area contributed by atoms with Gasteiger partial charge in [-0.3, -0.25) is 0 Å². The summed E-state index contributed by atoms with van der Waals surface area (Å²) in [5.74, 6) is 0.0822. The van der Waals surface area contributed by atoms with Crippen LogP contribution >= 0.6 is 0 Å². The number of pyridine rings is 1. The van der Waals surface area contributed by atoms with E-state index in [9.17, 15) is 13.2 Å². The van der Waals surface area contributed by atoms with Crippen LogP contribution in [0.4, 0.5) is 19.0 Å². The van der Waals surface area contributed by atoms with Crippen LogP contribution in [0.15, 0.2) is 18.3 Å². The summed E-state index contributed by atoms with van der Waals surface area (Å²) in [4.78, 5) is 5.89. The number of nitrogens with one attached hydrogen (secondary N) is 1. The molecule has 1 aromatic rings. The first-order valence-corrected chi connectivity index (χ1v) is 7.54. The Labute approximate surface area is 122 Å². The van der Waals surface area contributed by atoms with E-state index in [-0.39, 0.29) is 11.9 Å². The van der Waals surface area contributed by atoms with E-state index < -0.39 is 11.7 Å². The number of rotatable bonds is 3. The zero-order chi connectivity index (χ0) is 15.0. The Bertz CT molecular complexity index is 491. The highest BCUT2D eigenvalue weighted by molar-refractivity contribution is 5.49. The Balaban J connectivity index is 1.90. The molecule has 0 amide bonds. The van der Waals surface area contributed by atoms with Crippen molar-refractivity contribution in [3.63, 3.8) is 0 Å². The molecule has 3 heterocycles. The monoisotopic (exact) mass is 299 g/mol. The van der Waals surface area contributed by atoms with Crippen molar-refractivity contribution in [3.05, 3.63) is 23.9 Å². The van der Waals surface area contributed by atoms with Gasteiger partial charge in [0.25, 0.3) is 0 Å². The zero-order valence-corrected chi connectivity index (χ0v) is 12.0. The number of piperidine rings is 1. The highest BCUT2D eigenvalue weighted by atomic mass is 19.4. The predicted octanol–water partition coefficient (Wildman–Crippen LogP) is 3.21. The largest absolute Gasteiger partial charge is 0.419 e. The second-order valence-corrected chi connectivity index (χ2v) is 5.92. The van der Waals surface area contributed by atoms with Crippen molar-refractivity contribution in [2.45, 2.75) is 56.9 Å². The maximum absolute atomic E-state index is 13.2. The third kappa shape index (κ3) is 2.86. The van der Waals surface area contributed by atoms with Crippen LogP contribution in [-0.2, 0) is 6.18 Å². The van der Waals surface area contributed by atoms with Gasteiger partial charge in [-0.15, -0.1) is 0 Å². The molecule has 2 unspecified atom stereocenters. The Hall–Kier alpha value is -1.30. The SMILES string of the molecule is CCN(c1ncccc1C(F)(F)F)C1CC2CCC(C1)N2. The van der Waals surface area contributed by atoms with Crippen molar-refractivity contribution in [1.82, 2.24) is 10.3 Å². The van der Waals surface area contributed by atoms with Gasteiger partial charge in [-0.2, -0.15) is 13.2 Å². The Morgan fingerprint density at radius 2 is 1.95 bits per heavy atom. The maximum atomic E-state index is 13.2. The highest BCUT2D eigenvalue weighted by Crippen LogP contribution is 2.38. The smallest absolute Gasteiger partial charge is 0.353 e. The van der Waals surface area contributed by atoms with Crippen molar-refractivity contribution in [2.24, 2.45) is 0 Å². The topological polar surface area (TPSA) is 28.2 Å². The quantitative estimate of drug-likeness (QED) is 0.929. The van der Waals surface area contributed by atoms with Crippen LogP contribution in [0.5, 0.6) is 0 Å². The fourth-order valence-corrected chi connectivity index (χ4v) is 3.71. The van der Waals surface area contributed by atoms with Gasteiger partial charge in [0.05, 0.1) is 5.56 Å². The molecule has 1 aromatic heterocycles. The van der Waals surface area contributed by atoms with Gasteiger partial charge in [-0.1, -0.05) is 0 Å². The Morgan fingerprint density at radius 1 is 1.29 bits per heavy atom. The van der Waals surface area contributed by atoms with Crippen LogP contribution < -0.4 is 10.2 Å². The molecule has 0 saturated carbocycles. The fourth-order valence-electron chi connectivity index (χ4n) is 3.71. The molecule has 2 atom stereocenters. The molecule has 1 N–H and O–H groups in total. The summed E-state index contributed by atoms with van der Waals surface area (Å²) in [6, 6.07) is 3.51. The number of halogens is 3. The molecule has 2 aliphatic heterocycles. The minimum Gasteiger partial charge on any atom is -0.353 e. The molecule has 116 valence electrons. The predicted molar refractivity (Wildman–Crippen MR) is 75.2 cm³/mol. The minimum absolute atomic E-state index is 0.0822. The maximum Gasteiger partial charge on any atom is 0.419 e. The average Bonchev–Trinajstić information content (AvgIpc) is 2.78. The van der Waals surface area contributed by atoms with Crippen LogP contribution in [-0.4, -0.2) is 29.7 Å². The summed E-state index contributed by atoms with van der Waals surface area (Å²) >= 11 is 0. The van der Waals surface area contributed by atoms with Crippen molar-refractivity contribution in [3.8, 4) is 0 Å². The molecule has 21 heavy (non-hydrogen) atoms. The van der Waals surface area contributed by atoms with Gasteiger partial charge in [0.1, 0.15) is 5.82 Å². The van der Waals surface area contributed by atoms with Gasteiger partial charge in [-0.05, 0) is 44.7 Å². The fraction of sp³-hybridized carbons (Fsp3) is 0.667. The normalized spacial score (nSPS) is 28.7. The third-order valence-corrected chi connectivity index (χ3v) is 4.59. The van der Waals surface area contributed by atoms with E-state index in [2.05, 4.69) is 10.3 Å². The van der Waals surface area contributed by atoms with Crippen molar-refractivity contribution < 1.29 is 13.2 Å². The summed E-state index contributed by atoms with van der Waals surface area (Å²) in [5, 5.41) is 3.53. The molecule has 3 rings (SSSR count). The van der Waals surface area contributed by atoms with Crippen molar-refractivity contribution in [1.29, 1.82) is 0 Å². The van der Waals surface area contributed by atoms with E-state index in [1.54, 1.807) is 0 Å². The lowest BCUT2D eigenvalue weighted by Crippen LogP contribution is -2.49. The van der Waals surface area contributed by atoms with E-state index in [1.165, 1.54) is 12.3 Å². The van der Waals surface area contributed by atoms with Gasteiger partial charge in [-0.25, -0.2) is 4.98 Å². The van der Waals surface area contributed by atoms with E-state index in [0.29, 0.717) is 18.6 Å². The minimum atomic E-state index is -4.36. The number of nitrogens with zero attached hydrogens (tertiary/aromatic N) is 2. The van der Waals surface area contributed by atoms with E-state index in [4.69, 9.17) is 0 Å². The van der Waals surface area contributed by atoms with Gasteiger partial charge in [0.15, 0.2) is 0 Å². The Kier molecular flexibility index (Phi) is 3.82. The molecule has 2 bridgehead atoms. The first kappa shape index (κ1) is 14.6. The third-order valence-electron chi connectivity index (χ3n) is 4.59. The highest BCUT2D eigenvalue weighted by Gasteiger charge is 2.40. The molecule has 0 spiro atoms. The number of aromatic nitrogens is 1. The first-order chi connectivity index (χ1) is 9.99. The number of fused-ring (bicyclic) bond motifs is 2. The molecule has 2 fully saturated rings. The van der Waals surface area contributed by atoms with Gasteiger partial charge in [0, 0.05) is 30.9 Å². The lowest BCUT2D eigenvalue weighted by Gasteiger charge is -2.38. The average molecular weight is 299 g/mol. The van der Waals surface area contributed by atoms with Gasteiger partial charge in [0.2, 0.25) is 0 Å². The lowest BCUT2D eigenvalue weighted by molar-refractivity contribution is -0.137. The number of alkyl halides is 3. The summed E-state index contributed by atoms with van der Waals surface area (Å²) in [6.07, 6.45) is 1.16. The standard InChI is InChI=1S/C15H20F3N3/c1-2-21(12-8-10-5-6-11(9-12)20-10)14-13(15(16,17)18)4-3-7-19-14/h3-4,7,10-12,20H,2,5-6,8-9H2,1H3. The van der Waals surface area contributed by atoms with Crippen LogP contribution in [0.25, 0.3) is 0 Å². The molecule has 2 aliphatic rings. The molecule has 0 aromatic carbocycles. The molecule has 0 aliphatic carbocycles. The van der Waals surface area contributed by atoms with E-state index >= 15 is 0 Å². The Morgan fingerprint density at radius 3 is 2.52 bits per heavy atom. The van der Waals surface area contributed by atoms with Crippen LogP contribution in [0.3, 0.4) is 0 Å². The summed E-state index contributed by atoms with van der Waals surface area (Å²) in [7, 11) is 0. The molecular weight excluding hydrogens is 279 g/mol. The number of anilines is 1. The second-order valence-electron chi connectivity index (χ2n) is 5.92.